The number of carbonyl (C=O) groups is 1. The van der Waals surface area contributed by atoms with Crippen molar-refractivity contribution in [2.45, 2.75) is 33.0 Å². The third kappa shape index (κ3) is 5.29. The molecule has 0 radical (unpaired) electrons. The lowest BCUT2D eigenvalue weighted by Gasteiger charge is -2.19. The van der Waals surface area contributed by atoms with Crippen LogP contribution in [0.25, 0.3) is 0 Å². The minimum atomic E-state index is -0.424. The van der Waals surface area contributed by atoms with Gasteiger partial charge in [-0.1, -0.05) is 12.1 Å². The molecule has 18 heavy (non-hydrogen) atoms. The fraction of sp³-hybridized carbons (Fsp3) is 0.500. The van der Waals surface area contributed by atoms with E-state index in [1.165, 1.54) is 0 Å². The number of hydrogen-bond acceptors (Lipinski definition) is 4. The fourth-order valence-corrected chi connectivity index (χ4v) is 1.26. The van der Waals surface area contributed by atoms with Crippen molar-refractivity contribution >= 4 is 5.97 Å². The first-order valence-corrected chi connectivity index (χ1v) is 5.93. The van der Waals surface area contributed by atoms with E-state index in [1.807, 2.05) is 32.9 Å². The van der Waals surface area contributed by atoms with Crippen molar-refractivity contribution in [2.24, 2.45) is 0 Å². The molecule has 0 atom stereocenters. The van der Waals surface area contributed by atoms with Crippen LogP contribution in [0.2, 0.25) is 0 Å². The van der Waals surface area contributed by atoms with Crippen molar-refractivity contribution in [3.63, 3.8) is 0 Å². The number of esters is 1. The van der Waals surface area contributed by atoms with Crippen LogP contribution >= 0.6 is 0 Å². The highest BCUT2D eigenvalue weighted by Crippen LogP contribution is 2.13. The van der Waals surface area contributed by atoms with Crippen LogP contribution < -0.4 is 0 Å². The van der Waals surface area contributed by atoms with Gasteiger partial charge in [0.15, 0.2) is 0 Å². The van der Waals surface area contributed by atoms with Gasteiger partial charge in [0, 0.05) is 0 Å². The number of rotatable bonds is 5. The average Bonchev–Trinajstić information content (AvgIpc) is 2.33. The zero-order valence-electron chi connectivity index (χ0n) is 11.1. The second-order valence-electron chi connectivity index (χ2n) is 4.96. The SMILES string of the molecule is CC(C)(C)OCc1ccc(C(=O)OCCO)cc1. The van der Waals surface area contributed by atoms with Crippen LogP contribution in [-0.2, 0) is 16.1 Å². The number of hydrogen-bond donors (Lipinski definition) is 1. The van der Waals surface area contributed by atoms with Gasteiger partial charge >= 0.3 is 5.97 Å². The maximum Gasteiger partial charge on any atom is 0.338 e. The molecule has 0 amide bonds. The van der Waals surface area contributed by atoms with Gasteiger partial charge in [-0.2, -0.15) is 0 Å². The lowest BCUT2D eigenvalue weighted by molar-refractivity contribution is -0.0149. The van der Waals surface area contributed by atoms with Crippen molar-refractivity contribution in [3.8, 4) is 0 Å². The standard InChI is InChI=1S/C14H20O4/c1-14(2,3)18-10-11-4-6-12(7-5-11)13(16)17-9-8-15/h4-7,15H,8-10H2,1-3H3. The van der Waals surface area contributed by atoms with Crippen molar-refractivity contribution in [1.29, 1.82) is 0 Å². The zero-order valence-corrected chi connectivity index (χ0v) is 11.1. The van der Waals surface area contributed by atoms with Crippen LogP contribution in [-0.4, -0.2) is 29.9 Å². The molecule has 0 aliphatic carbocycles. The molecule has 0 fully saturated rings. The number of carbonyl (C=O) groups excluding carboxylic acids is 1. The highest BCUT2D eigenvalue weighted by molar-refractivity contribution is 5.89. The van der Waals surface area contributed by atoms with E-state index in [0.717, 1.165) is 5.56 Å². The number of ether oxygens (including phenoxy) is 2. The molecule has 0 aromatic heterocycles. The average molecular weight is 252 g/mol. The summed E-state index contributed by atoms with van der Waals surface area (Å²) in [6.45, 7) is 6.35. The molecular weight excluding hydrogens is 232 g/mol. The third-order valence-corrected chi connectivity index (χ3v) is 2.19. The lowest BCUT2D eigenvalue weighted by Crippen LogP contribution is -2.18. The predicted molar refractivity (Wildman–Crippen MR) is 68.4 cm³/mol. The van der Waals surface area contributed by atoms with Crippen LogP contribution in [0.15, 0.2) is 24.3 Å². The van der Waals surface area contributed by atoms with Gasteiger partial charge in [0.1, 0.15) is 6.61 Å². The number of aliphatic hydroxyl groups excluding tert-OH is 1. The van der Waals surface area contributed by atoms with Crippen LogP contribution in [0, 0.1) is 0 Å². The quantitative estimate of drug-likeness (QED) is 0.816. The third-order valence-electron chi connectivity index (χ3n) is 2.19. The van der Waals surface area contributed by atoms with Crippen LogP contribution in [0.5, 0.6) is 0 Å². The van der Waals surface area contributed by atoms with E-state index in [1.54, 1.807) is 12.1 Å². The maximum absolute atomic E-state index is 11.5. The van der Waals surface area contributed by atoms with E-state index in [0.29, 0.717) is 12.2 Å². The molecule has 0 spiro atoms. The number of aliphatic hydroxyl groups is 1. The van der Waals surface area contributed by atoms with E-state index in [2.05, 4.69) is 0 Å². The second-order valence-corrected chi connectivity index (χ2v) is 4.96. The monoisotopic (exact) mass is 252 g/mol. The molecule has 0 unspecified atom stereocenters. The summed E-state index contributed by atoms with van der Waals surface area (Å²) in [5, 5.41) is 8.56. The van der Waals surface area contributed by atoms with Gasteiger partial charge < -0.3 is 14.6 Å². The molecule has 1 rings (SSSR count). The first-order chi connectivity index (χ1) is 8.42. The second kappa shape index (κ2) is 6.52. The van der Waals surface area contributed by atoms with Gasteiger partial charge in [-0.3, -0.25) is 0 Å². The fourth-order valence-electron chi connectivity index (χ4n) is 1.26. The first-order valence-electron chi connectivity index (χ1n) is 5.93. The topological polar surface area (TPSA) is 55.8 Å². The lowest BCUT2D eigenvalue weighted by atomic mass is 10.1. The highest BCUT2D eigenvalue weighted by Gasteiger charge is 2.11. The molecule has 0 aliphatic heterocycles. The molecule has 100 valence electrons. The van der Waals surface area contributed by atoms with E-state index in [4.69, 9.17) is 14.6 Å². The Morgan fingerprint density at radius 2 is 1.83 bits per heavy atom. The Bertz CT molecular complexity index is 376. The summed E-state index contributed by atoms with van der Waals surface area (Å²) >= 11 is 0. The Kier molecular flexibility index (Phi) is 5.31. The Morgan fingerprint density at radius 1 is 1.22 bits per heavy atom. The summed E-state index contributed by atoms with van der Waals surface area (Å²) in [5.74, 6) is -0.424. The summed E-state index contributed by atoms with van der Waals surface area (Å²) in [6.07, 6.45) is 0. The van der Waals surface area contributed by atoms with E-state index >= 15 is 0 Å². The van der Waals surface area contributed by atoms with Crippen LogP contribution in [0.3, 0.4) is 0 Å². The molecule has 0 saturated heterocycles. The van der Waals surface area contributed by atoms with Gasteiger partial charge in [0.05, 0.1) is 24.4 Å². The molecule has 4 heteroatoms. The summed E-state index contributed by atoms with van der Waals surface area (Å²) in [7, 11) is 0. The summed E-state index contributed by atoms with van der Waals surface area (Å²) in [5.41, 5.74) is 1.30. The largest absolute Gasteiger partial charge is 0.460 e. The Labute approximate surface area is 108 Å². The summed E-state index contributed by atoms with van der Waals surface area (Å²) in [6, 6.07) is 7.06. The van der Waals surface area contributed by atoms with E-state index < -0.39 is 5.97 Å². The van der Waals surface area contributed by atoms with E-state index in [9.17, 15) is 4.79 Å². The first kappa shape index (κ1) is 14.7. The molecule has 0 aliphatic rings. The summed E-state index contributed by atoms with van der Waals surface area (Å²) < 4.78 is 10.4. The van der Waals surface area contributed by atoms with Crippen LogP contribution in [0.4, 0.5) is 0 Å². The van der Waals surface area contributed by atoms with Crippen molar-refractivity contribution < 1.29 is 19.4 Å². The highest BCUT2D eigenvalue weighted by atomic mass is 16.5. The molecule has 0 heterocycles. The maximum atomic E-state index is 11.5. The molecule has 1 aromatic rings. The van der Waals surface area contributed by atoms with Gasteiger partial charge in [-0.25, -0.2) is 4.79 Å². The van der Waals surface area contributed by atoms with Crippen molar-refractivity contribution in [2.75, 3.05) is 13.2 Å². The van der Waals surface area contributed by atoms with Crippen molar-refractivity contribution in [3.05, 3.63) is 35.4 Å². The molecule has 0 bridgehead atoms. The number of benzene rings is 1. The van der Waals surface area contributed by atoms with Gasteiger partial charge in [-0.15, -0.1) is 0 Å². The smallest absolute Gasteiger partial charge is 0.338 e. The van der Waals surface area contributed by atoms with Crippen LogP contribution in [0.1, 0.15) is 36.7 Å². The minimum Gasteiger partial charge on any atom is -0.460 e. The molecular formula is C14H20O4. The predicted octanol–water partition coefficient (Wildman–Crippen LogP) is 2.15. The molecule has 1 N–H and O–H groups in total. The van der Waals surface area contributed by atoms with Gasteiger partial charge in [-0.05, 0) is 38.5 Å². The Hall–Kier alpha value is -1.39. The van der Waals surface area contributed by atoms with Gasteiger partial charge in [0.25, 0.3) is 0 Å². The summed E-state index contributed by atoms with van der Waals surface area (Å²) in [4.78, 5) is 11.5. The zero-order chi connectivity index (χ0) is 13.6. The van der Waals surface area contributed by atoms with E-state index in [-0.39, 0.29) is 18.8 Å². The molecule has 4 nitrogen and oxygen atoms in total. The Balaban J connectivity index is 2.54. The Morgan fingerprint density at radius 3 is 2.33 bits per heavy atom. The minimum absolute atomic E-state index is 0.0215. The van der Waals surface area contributed by atoms with Gasteiger partial charge in [0.2, 0.25) is 0 Å². The van der Waals surface area contributed by atoms with Crippen molar-refractivity contribution in [1.82, 2.24) is 0 Å². The molecule has 0 saturated carbocycles. The normalized spacial score (nSPS) is 11.3. The molecule has 1 aromatic carbocycles.